The number of hydrogen-bond acceptors (Lipinski definition) is 10. The van der Waals surface area contributed by atoms with E-state index in [1.54, 1.807) is 60.7 Å². The number of hydrogen-bond donors (Lipinski definition) is 4. The fraction of sp³-hybridized carbons (Fsp3) is 0.250. The third kappa shape index (κ3) is 13.4. The Morgan fingerprint density at radius 2 is 0.894 bits per heavy atom. The number of benzene rings is 5. The van der Waals surface area contributed by atoms with Crippen LogP contribution < -0.4 is 21.3 Å². The van der Waals surface area contributed by atoms with Crippen molar-refractivity contribution in [1.82, 2.24) is 0 Å². The molecule has 66 heavy (non-hydrogen) atoms. The van der Waals surface area contributed by atoms with Crippen LogP contribution in [0.5, 0.6) is 0 Å². The van der Waals surface area contributed by atoms with Gasteiger partial charge in [0.05, 0.1) is 43.3 Å². The first kappa shape index (κ1) is 50.7. The topological polar surface area (TPSA) is 200 Å². The van der Waals surface area contributed by atoms with Gasteiger partial charge in [-0.3, -0.25) is 28.8 Å². The third-order valence-corrected chi connectivity index (χ3v) is 11.2. The number of anilines is 4. The van der Waals surface area contributed by atoms with Gasteiger partial charge in [-0.2, -0.15) is 20.5 Å². The zero-order valence-corrected chi connectivity index (χ0v) is 39.7. The van der Waals surface area contributed by atoms with Gasteiger partial charge in [0, 0.05) is 22.7 Å². The van der Waals surface area contributed by atoms with E-state index in [4.69, 9.17) is 46.4 Å². The highest BCUT2D eigenvalue weighted by Crippen LogP contribution is 2.31. The Balaban J connectivity index is 1.29. The molecule has 18 heteroatoms. The molecule has 0 radical (unpaired) electrons. The first-order valence-corrected chi connectivity index (χ1v) is 22.3. The monoisotopic (exact) mass is 970 g/mol. The highest BCUT2D eigenvalue weighted by molar-refractivity contribution is 6.35. The minimum absolute atomic E-state index is 0.0914. The molecule has 0 bridgehead atoms. The van der Waals surface area contributed by atoms with Gasteiger partial charge in [0.1, 0.15) is 0 Å². The number of nitrogens with zero attached hydrogens (tertiary/aromatic N) is 4. The van der Waals surface area contributed by atoms with E-state index >= 15 is 0 Å². The zero-order valence-electron chi connectivity index (χ0n) is 36.7. The summed E-state index contributed by atoms with van der Waals surface area (Å²) in [5.41, 5.74) is 5.27. The van der Waals surface area contributed by atoms with Crippen molar-refractivity contribution in [2.75, 3.05) is 21.3 Å². The first-order valence-electron chi connectivity index (χ1n) is 20.7. The molecule has 0 saturated carbocycles. The van der Waals surface area contributed by atoms with Gasteiger partial charge in [-0.15, -0.1) is 23.2 Å². The summed E-state index contributed by atoms with van der Waals surface area (Å²) < 4.78 is 0. The van der Waals surface area contributed by atoms with Crippen molar-refractivity contribution in [1.29, 1.82) is 0 Å². The molecule has 0 spiro atoms. The van der Waals surface area contributed by atoms with E-state index in [2.05, 4.69) is 41.7 Å². The van der Waals surface area contributed by atoms with Crippen molar-refractivity contribution < 1.29 is 28.8 Å². The van der Waals surface area contributed by atoms with Crippen LogP contribution in [0.15, 0.2) is 118 Å². The van der Waals surface area contributed by atoms with Gasteiger partial charge in [0.25, 0.3) is 23.6 Å². The molecule has 4 amide bonds. The van der Waals surface area contributed by atoms with Crippen LogP contribution in [0.3, 0.4) is 0 Å². The predicted octanol–water partition coefficient (Wildman–Crippen LogP) is 12.6. The fourth-order valence-electron chi connectivity index (χ4n) is 6.40. The average Bonchev–Trinajstić information content (AvgIpc) is 3.27. The highest BCUT2D eigenvalue weighted by atomic mass is 35.5. The summed E-state index contributed by atoms with van der Waals surface area (Å²) >= 11 is 25.0. The lowest BCUT2D eigenvalue weighted by molar-refractivity contribution is -0.127. The molecule has 4 N–H and O–H groups in total. The molecule has 5 aromatic carbocycles. The van der Waals surface area contributed by atoms with Crippen LogP contribution in [0.1, 0.15) is 95.3 Å². The molecule has 4 unspecified atom stereocenters. The SMILES string of the molecule is CCc1cc(NC(=O)C(N=Nc2ccc(Cl)c(C(=O)Nc3ccc(C(C)Cl)cc3)c2)C(C)=O)cc(CC)c1NC(=O)C(N=Nc1ccc(Cl)c(C(=O)Nc2ccc(C(C)Cl)cc2)c1)C(C)=O. The van der Waals surface area contributed by atoms with Crippen molar-refractivity contribution >= 4 is 116 Å². The molecule has 0 aliphatic heterocycles. The minimum atomic E-state index is -1.56. The maximum absolute atomic E-state index is 13.7. The number of azo groups is 2. The summed E-state index contributed by atoms with van der Waals surface area (Å²) in [6, 6.07) is 22.8. The molecule has 0 aromatic heterocycles. The van der Waals surface area contributed by atoms with Gasteiger partial charge < -0.3 is 21.3 Å². The van der Waals surface area contributed by atoms with Gasteiger partial charge in [-0.25, -0.2) is 0 Å². The van der Waals surface area contributed by atoms with Crippen LogP contribution in [0.25, 0.3) is 0 Å². The molecular formula is C48H46Cl4N8O6. The van der Waals surface area contributed by atoms with E-state index in [9.17, 15) is 28.8 Å². The first-order chi connectivity index (χ1) is 31.4. The second-order valence-corrected chi connectivity index (χ2v) is 17.1. The number of nitrogens with one attached hydrogen (secondary N) is 4. The zero-order chi connectivity index (χ0) is 48.2. The standard InChI is InChI=1S/C48H46Cl4N8O6/c1-7-29-21-37(55-47(65)42(27(5)61)59-57-35-17-19-40(51)38(23-35)45(63)53-33-13-9-31(10-14-33)25(3)49)22-30(8-2)44(29)56-48(66)43(28(6)62)60-58-36-18-20-41(52)39(24-36)46(64)54-34-15-11-32(12-16-34)26(4)50/h9-26,42-43H,7-8H2,1-6H3,(H,53,63)(H,54,64)(H,55,65)(H,56,66). The third-order valence-electron chi connectivity index (χ3n) is 10.1. The molecule has 0 heterocycles. The summed E-state index contributed by atoms with van der Waals surface area (Å²) in [6.07, 6.45) is 0.787. The van der Waals surface area contributed by atoms with Crippen LogP contribution in [0.4, 0.5) is 34.1 Å². The van der Waals surface area contributed by atoms with Crippen LogP contribution >= 0.6 is 46.4 Å². The Morgan fingerprint density at radius 1 is 0.515 bits per heavy atom. The lowest BCUT2D eigenvalue weighted by Crippen LogP contribution is -2.33. The van der Waals surface area contributed by atoms with Crippen LogP contribution in [0, 0.1) is 0 Å². The Kier molecular flexibility index (Phi) is 17.8. The lowest BCUT2D eigenvalue weighted by atomic mass is 10.0. The Bertz CT molecular complexity index is 2680. The van der Waals surface area contributed by atoms with Crippen molar-refractivity contribution in [2.45, 2.75) is 77.2 Å². The van der Waals surface area contributed by atoms with Gasteiger partial charge in [0.2, 0.25) is 12.1 Å². The number of aryl methyl sites for hydroxylation is 2. The smallest absolute Gasteiger partial charge is 0.258 e. The average molecular weight is 973 g/mol. The maximum Gasteiger partial charge on any atom is 0.258 e. The molecule has 0 fully saturated rings. The molecule has 5 rings (SSSR count). The van der Waals surface area contributed by atoms with Crippen molar-refractivity contribution in [2.24, 2.45) is 20.5 Å². The van der Waals surface area contributed by atoms with E-state index in [0.29, 0.717) is 46.7 Å². The molecule has 14 nitrogen and oxygen atoms in total. The number of amides is 4. The lowest BCUT2D eigenvalue weighted by Gasteiger charge is -2.19. The predicted molar refractivity (Wildman–Crippen MR) is 261 cm³/mol. The second-order valence-electron chi connectivity index (χ2n) is 15.0. The maximum atomic E-state index is 13.7. The Morgan fingerprint density at radius 3 is 1.24 bits per heavy atom. The van der Waals surface area contributed by atoms with Crippen molar-refractivity contribution in [3.05, 3.63) is 140 Å². The molecule has 0 aliphatic carbocycles. The Labute approximate surface area is 402 Å². The molecule has 342 valence electrons. The molecule has 4 atom stereocenters. The van der Waals surface area contributed by atoms with E-state index in [0.717, 1.165) is 11.1 Å². The summed E-state index contributed by atoms with van der Waals surface area (Å²) in [7, 11) is 0. The van der Waals surface area contributed by atoms with Gasteiger partial charge in [0.15, 0.2) is 11.6 Å². The highest BCUT2D eigenvalue weighted by Gasteiger charge is 2.27. The second kappa shape index (κ2) is 23.2. The van der Waals surface area contributed by atoms with Gasteiger partial charge >= 0.3 is 0 Å². The van der Waals surface area contributed by atoms with Crippen molar-refractivity contribution in [3.63, 3.8) is 0 Å². The van der Waals surface area contributed by atoms with Gasteiger partial charge in [-0.1, -0.05) is 61.3 Å². The summed E-state index contributed by atoms with van der Waals surface area (Å²) in [5, 5.41) is 27.3. The van der Waals surface area contributed by atoms with Gasteiger partial charge in [-0.05, 0) is 136 Å². The number of halogens is 4. The normalized spacial score (nSPS) is 13.1. The van der Waals surface area contributed by atoms with Crippen LogP contribution in [0.2, 0.25) is 10.0 Å². The number of carbonyl (C=O) groups is 6. The minimum Gasteiger partial charge on any atom is -0.324 e. The quantitative estimate of drug-likeness (QED) is 0.0382. The van der Waals surface area contributed by atoms with E-state index in [1.165, 1.54) is 50.2 Å². The van der Waals surface area contributed by atoms with E-state index < -0.39 is 47.3 Å². The fourth-order valence-corrected chi connectivity index (χ4v) is 7.10. The summed E-state index contributed by atoms with van der Waals surface area (Å²) in [5.74, 6) is -3.75. The van der Waals surface area contributed by atoms with E-state index in [1.807, 2.05) is 27.7 Å². The number of ketones is 2. The van der Waals surface area contributed by atoms with Crippen LogP contribution in [-0.2, 0) is 32.0 Å². The Hall–Kier alpha value is -6.32. The molecule has 5 aromatic rings. The van der Waals surface area contributed by atoms with Crippen LogP contribution in [-0.4, -0.2) is 47.3 Å². The number of carbonyl (C=O) groups excluding carboxylic acids is 6. The molecular weight excluding hydrogens is 926 g/mol. The molecule has 0 saturated heterocycles. The van der Waals surface area contributed by atoms with E-state index in [-0.39, 0.29) is 43.3 Å². The van der Waals surface area contributed by atoms with Crippen molar-refractivity contribution in [3.8, 4) is 0 Å². The summed E-state index contributed by atoms with van der Waals surface area (Å²) in [4.78, 5) is 78.9. The number of Topliss-reactive ketones (excluding diaryl/α,β-unsaturated/α-hetero) is 2. The number of alkyl halides is 2. The molecule has 0 aliphatic rings. The summed E-state index contributed by atoms with van der Waals surface area (Å²) in [6.45, 7) is 9.76. The number of rotatable bonds is 18. The largest absolute Gasteiger partial charge is 0.324 e.